The number of benzene rings is 1. The van der Waals surface area contributed by atoms with Crippen molar-refractivity contribution < 1.29 is 14.3 Å². The van der Waals surface area contributed by atoms with Gasteiger partial charge in [0.2, 0.25) is 0 Å². The molecule has 26 heavy (non-hydrogen) atoms. The first kappa shape index (κ1) is 17.5. The number of carbonyl (C=O) groups excluding carboxylic acids is 1. The number of rotatable bonds is 3. The number of likely N-dealkylation sites (tertiary alicyclic amines) is 1. The predicted molar refractivity (Wildman–Crippen MR) is 105 cm³/mol. The molecule has 1 amide bonds. The Balaban J connectivity index is 1.60. The van der Waals surface area contributed by atoms with Crippen LogP contribution in [0.5, 0.6) is 11.5 Å². The molecule has 0 radical (unpaired) electrons. The first-order valence-corrected chi connectivity index (χ1v) is 10.2. The lowest BCUT2D eigenvalue weighted by Crippen LogP contribution is -2.33. The van der Waals surface area contributed by atoms with E-state index in [1.807, 2.05) is 25.1 Å². The standard InChI is InChI=1S/C20H24N2O3S/c1-3-24-16-10-14-9-13(2)25-17(14)11-15(16)12-18-19(23)21-20(26-18)22-7-5-4-6-8-22/h10-13H,3-9H2,1-2H3/b18-12-. The van der Waals surface area contributed by atoms with Crippen LogP contribution >= 0.6 is 11.8 Å². The fraction of sp³-hybridized carbons (Fsp3) is 0.500. The van der Waals surface area contributed by atoms with Crippen LogP contribution in [0.25, 0.3) is 6.08 Å². The average Bonchev–Trinajstić information content (AvgIpc) is 3.18. The molecule has 0 spiro atoms. The molecule has 3 aliphatic heterocycles. The second-order valence-electron chi connectivity index (χ2n) is 6.92. The van der Waals surface area contributed by atoms with E-state index in [1.165, 1.54) is 36.6 Å². The molecule has 3 heterocycles. The van der Waals surface area contributed by atoms with Crippen LogP contribution in [0.15, 0.2) is 22.0 Å². The highest BCUT2D eigenvalue weighted by atomic mass is 32.2. The third-order valence-electron chi connectivity index (χ3n) is 4.85. The van der Waals surface area contributed by atoms with Gasteiger partial charge in [-0.3, -0.25) is 4.79 Å². The summed E-state index contributed by atoms with van der Waals surface area (Å²) in [6.07, 6.45) is 6.56. The first-order valence-electron chi connectivity index (χ1n) is 9.38. The van der Waals surface area contributed by atoms with Crippen LogP contribution in [0.2, 0.25) is 0 Å². The summed E-state index contributed by atoms with van der Waals surface area (Å²) >= 11 is 1.47. The topological polar surface area (TPSA) is 51.1 Å². The number of thioether (sulfide) groups is 1. The molecule has 6 heteroatoms. The van der Waals surface area contributed by atoms with Crippen LogP contribution in [0.3, 0.4) is 0 Å². The van der Waals surface area contributed by atoms with E-state index in [1.54, 1.807) is 0 Å². The molecular weight excluding hydrogens is 348 g/mol. The molecule has 1 unspecified atom stereocenters. The summed E-state index contributed by atoms with van der Waals surface area (Å²) in [6.45, 7) is 6.59. The Kier molecular flexibility index (Phi) is 4.94. The zero-order valence-corrected chi connectivity index (χ0v) is 16.1. The lowest BCUT2D eigenvalue weighted by molar-refractivity contribution is -0.113. The Morgan fingerprint density at radius 3 is 2.92 bits per heavy atom. The minimum Gasteiger partial charge on any atom is -0.493 e. The Morgan fingerprint density at radius 2 is 2.15 bits per heavy atom. The number of amidine groups is 1. The van der Waals surface area contributed by atoms with Gasteiger partial charge in [0.05, 0.1) is 11.5 Å². The molecule has 1 aromatic rings. The number of fused-ring (bicyclic) bond motifs is 1. The number of piperidine rings is 1. The lowest BCUT2D eigenvalue weighted by Gasteiger charge is -2.27. The molecule has 1 aromatic carbocycles. The van der Waals surface area contributed by atoms with Gasteiger partial charge in [-0.1, -0.05) is 0 Å². The Labute approximate surface area is 158 Å². The molecule has 4 rings (SSSR count). The van der Waals surface area contributed by atoms with Crippen LogP contribution in [0, 0.1) is 0 Å². The highest BCUT2D eigenvalue weighted by Gasteiger charge is 2.28. The van der Waals surface area contributed by atoms with Crippen molar-refractivity contribution in [3.63, 3.8) is 0 Å². The Hall–Kier alpha value is -1.95. The summed E-state index contributed by atoms with van der Waals surface area (Å²) in [6, 6.07) is 4.04. The minimum absolute atomic E-state index is 0.159. The second-order valence-corrected chi connectivity index (χ2v) is 7.93. The van der Waals surface area contributed by atoms with Crippen LogP contribution < -0.4 is 9.47 Å². The van der Waals surface area contributed by atoms with Crippen molar-refractivity contribution in [1.82, 2.24) is 4.90 Å². The van der Waals surface area contributed by atoms with Gasteiger partial charge in [-0.2, -0.15) is 4.99 Å². The van der Waals surface area contributed by atoms with Crippen LogP contribution in [0.4, 0.5) is 0 Å². The van der Waals surface area contributed by atoms with Crippen molar-refractivity contribution in [3.8, 4) is 11.5 Å². The zero-order chi connectivity index (χ0) is 18.1. The number of aliphatic imine (C=N–C) groups is 1. The highest BCUT2D eigenvalue weighted by molar-refractivity contribution is 8.18. The predicted octanol–water partition coefficient (Wildman–Crippen LogP) is 3.86. The number of amides is 1. The second kappa shape index (κ2) is 7.35. The van der Waals surface area contributed by atoms with Crippen molar-refractivity contribution in [2.24, 2.45) is 4.99 Å². The lowest BCUT2D eigenvalue weighted by atomic mass is 10.1. The summed E-state index contributed by atoms with van der Waals surface area (Å²) in [7, 11) is 0. The minimum atomic E-state index is -0.159. The van der Waals surface area contributed by atoms with Crippen molar-refractivity contribution in [1.29, 1.82) is 0 Å². The maximum Gasteiger partial charge on any atom is 0.286 e. The summed E-state index contributed by atoms with van der Waals surface area (Å²) in [5, 5.41) is 0.838. The van der Waals surface area contributed by atoms with E-state index >= 15 is 0 Å². The monoisotopic (exact) mass is 372 g/mol. The number of hydrogen-bond donors (Lipinski definition) is 0. The van der Waals surface area contributed by atoms with Crippen molar-refractivity contribution in [3.05, 3.63) is 28.2 Å². The Bertz CT molecular complexity index is 782. The van der Waals surface area contributed by atoms with Crippen LogP contribution in [-0.4, -0.2) is 41.8 Å². The molecule has 1 atom stereocenters. The van der Waals surface area contributed by atoms with Crippen LogP contribution in [-0.2, 0) is 11.2 Å². The number of hydrogen-bond acceptors (Lipinski definition) is 5. The van der Waals surface area contributed by atoms with Gasteiger partial charge in [-0.25, -0.2) is 0 Å². The third kappa shape index (κ3) is 3.47. The maximum absolute atomic E-state index is 12.4. The van der Waals surface area contributed by atoms with E-state index in [4.69, 9.17) is 9.47 Å². The van der Waals surface area contributed by atoms with Crippen molar-refractivity contribution >= 4 is 28.9 Å². The summed E-state index contributed by atoms with van der Waals surface area (Å²) in [4.78, 5) is 19.6. The smallest absolute Gasteiger partial charge is 0.286 e. The number of carbonyl (C=O) groups is 1. The average molecular weight is 372 g/mol. The molecule has 0 N–H and O–H groups in total. The van der Waals surface area contributed by atoms with Crippen LogP contribution in [0.1, 0.15) is 44.2 Å². The van der Waals surface area contributed by atoms with Crippen molar-refractivity contribution in [2.75, 3.05) is 19.7 Å². The first-order chi connectivity index (χ1) is 12.6. The Morgan fingerprint density at radius 1 is 1.35 bits per heavy atom. The normalized spacial score (nSPS) is 23.8. The van der Waals surface area contributed by atoms with E-state index < -0.39 is 0 Å². The SMILES string of the molecule is CCOc1cc2c(cc1/C=C1\SC(N3CCCCC3)=NC1=O)OC(C)C2. The summed E-state index contributed by atoms with van der Waals surface area (Å²) in [5.74, 6) is 1.53. The molecule has 1 saturated heterocycles. The fourth-order valence-electron chi connectivity index (χ4n) is 3.61. The van der Waals surface area contributed by atoms with Gasteiger partial charge in [0, 0.05) is 30.6 Å². The molecule has 1 fully saturated rings. The van der Waals surface area contributed by atoms with Gasteiger partial charge in [0.1, 0.15) is 17.6 Å². The van der Waals surface area contributed by atoms with Gasteiger partial charge < -0.3 is 14.4 Å². The number of nitrogens with zero attached hydrogens (tertiary/aromatic N) is 2. The molecule has 0 aliphatic carbocycles. The van der Waals surface area contributed by atoms with E-state index in [0.717, 1.165) is 41.7 Å². The molecule has 138 valence electrons. The van der Waals surface area contributed by atoms with E-state index in [0.29, 0.717) is 11.5 Å². The largest absolute Gasteiger partial charge is 0.493 e. The molecule has 0 bridgehead atoms. The van der Waals surface area contributed by atoms with E-state index in [-0.39, 0.29) is 12.0 Å². The molecule has 3 aliphatic rings. The quantitative estimate of drug-likeness (QED) is 0.754. The molecule has 0 saturated carbocycles. The maximum atomic E-state index is 12.4. The van der Waals surface area contributed by atoms with Gasteiger partial charge in [0.15, 0.2) is 5.17 Å². The zero-order valence-electron chi connectivity index (χ0n) is 15.3. The highest BCUT2D eigenvalue weighted by Crippen LogP contribution is 2.38. The fourth-order valence-corrected chi connectivity index (χ4v) is 4.56. The third-order valence-corrected chi connectivity index (χ3v) is 5.90. The molecule has 0 aromatic heterocycles. The van der Waals surface area contributed by atoms with Crippen molar-refractivity contribution in [2.45, 2.75) is 45.6 Å². The van der Waals surface area contributed by atoms with Gasteiger partial charge in [-0.15, -0.1) is 0 Å². The van der Waals surface area contributed by atoms with Gasteiger partial charge in [-0.05, 0) is 63.1 Å². The van der Waals surface area contributed by atoms with Gasteiger partial charge >= 0.3 is 0 Å². The summed E-state index contributed by atoms with van der Waals surface area (Å²) in [5.41, 5.74) is 2.05. The van der Waals surface area contributed by atoms with E-state index in [9.17, 15) is 4.79 Å². The van der Waals surface area contributed by atoms with Gasteiger partial charge in [0.25, 0.3) is 5.91 Å². The number of ether oxygens (including phenoxy) is 2. The molecule has 5 nitrogen and oxygen atoms in total. The van der Waals surface area contributed by atoms with E-state index in [2.05, 4.69) is 16.8 Å². The summed E-state index contributed by atoms with van der Waals surface area (Å²) < 4.78 is 11.7. The molecular formula is C20H24N2O3S.